The molecule has 3 heteroatoms. The van der Waals surface area contributed by atoms with Crippen LogP contribution >= 0.6 is 0 Å². The largest absolute Gasteiger partial charge is 0.507 e. The summed E-state index contributed by atoms with van der Waals surface area (Å²) in [7, 11) is 0. The quantitative estimate of drug-likeness (QED) is 0.701. The van der Waals surface area contributed by atoms with Crippen molar-refractivity contribution >= 4 is 5.97 Å². The number of aromatic carboxylic acids is 1. The van der Waals surface area contributed by atoms with Crippen molar-refractivity contribution in [2.45, 2.75) is 25.7 Å². The van der Waals surface area contributed by atoms with Gasteiger partial charge in [0.2, 0.25) is 0 Å². The third-order valence-electron chi connectivity index (χ3n) is 3.38. The third kappa shape index (κ3) is 0.710. The first-order valence-electron chi connectivity index (χ1n) is 4.82. The van der Waals surface area contributed by atoms with E-state index in [1.807, 2.05) is 0 Å². The fraction of sp³-hybridized carbons (Fsp3) is 0.364. The highest BCUT2D eigenvalue weighted by Gasteiger charge is 2.34. The lowest BCUT2D eigenvalue weighted by Gasteiger charge is -2.33. The number of carboxylic acids is 1. The van der Waals surface area contributed by atoms with Gasteiger partial charge in [-0.2, -0.15) is 0 Å². The van der Waals surface area contributed by atoms with Crippen LogP contribution in [0.15, 0.2) is 0 Å². The van der Waals surface area contributed by atoms with Crippen molar-refractivity contribution in [3.63, 3.8) is 0 Å². The predicted octanol–water partition coefficient (Wildman–Crippen LogP) is 1.29. The molecule has 0 amide bonds. The van der Waals surface area contributed by atoms with E-state index < -0.39 is 5.97 Å². The number of aromatic hydroxyl groups is 1. The van der Waals surface area contributed by atoms with Crippen LogP contribution in [-0.4, -0.2) is 16.2 Å². The monoisotopic (exact) mass is 190 g/mol. The minimum Gasteiger partial charge on any atom is -0.507 e. The molecule has 14 heavy (non-hydrogen) atoms. The van der Waals surface area contributed by atoms with Gasteiger partial charge in [0.25, 0.3) is 0 Å². The van der Waals surface area contributed by atoms with Crippen LogP contribution in [0.5, 0.6) is 5.75 Å². The van der Waals surface area contributed by atoms with E-state index in [1.54, 1.807) is 0 Å². The van der Waals surface area contributed by atoms with Crippen molar-refractivity contribution in [3.8, 4) is 5.75 Å². The average Bonchev–Trinajstić information content (AvgIpc) is 2.02. The van der Waals surface area contributed by atoms with Crippen LogP contribution in [0, 0.1) is 0 Å². The van der Waals surface area contributed by atoms with Crippen LogP contribution in [-0.2, 0) is 25.7 Å². The Bertz CT molecular complexity index is 437. The molecule has 0 fully saturated rings. The first-order chi connectivity index (χ1) is 6.70. The molecule has 0 atom stereocenters. The molecule has 3 nitrogen and oxygen atoms in total. The number of carbonyl (C=O) groups is 1. The first-order valence-corrected chi connectivity index (χ1v) is 4.82. The smallest absolute Gasteiger partial charge is 0.339 e. The molecule has 1 aromatic carbocycles. The summed E-state index contributed by atoms with van der Waals surface area (Å²) in [5.41, 5.74) is 4.31. The second-order valence-electron chi connectivity index (χ2n) is 3.94. The van der Waals surface area contributed by atoms with Gasteiger partial charge in [-0.3, -0.25) is 0 Å². The van der Waals surface area contributed by atoms with E-state index in [2.05, 4.69) is 0 Å². The Labute approximate surface area is 81.0 Å². The van der Waals surface area contributed by atoms with Crippen LogP contribution in [0.25, 0.3) is 0 Å². The molecule has 0 spiro atoms. The van der Waals surface area contributed by atoms with Crippen LogP contribution in [0.4, 0.5) is 0 Å². The van der Waals surface area contributed by atoms with Gasteiger partial charge in [0.15, 0.2) is 0 Å². The highest BCUT2D eigenvalue weighted by atomic mass is 16.4. The number of carboxylic acid groups (broad SMARTS) is 1. The van der Waals surface area contributed by atoms with E-state index >= 15 is 0 Å². The van der Waals surface area contributed by atoms with Gasteiger partial charge in [0, 0.05) is 0 Å². The summed E-state index contributed by atoms with van der Waals surface area (Å²) >= 11 is 0. The Kier molecular flexibility index (Phi) is 1.29. The number of hydrogen-bond acceptors (Lipinski definition) is 2. The normalized spacial score (nSPS) is 16.3. The van der Waals surface area contributed by atoms with Gasteiger partial charge < -0.3 is 10.2 Å². The Morgan fingerprint density at radius 1 is 0.929 bits per heavy atom. The molecule has 0 saturated heterocycles. The summed E-state index contributed by atoms with van der Waals surface area (Å²) in [5, 5.41) is 18.7. The topological polar surface area (TPSA) is 57.5 Å². The van der Waals surface area contributed by atoms with Gasteiger partial charge in [-0.25, -0.2) is 4.79 Å². The molecule has 3 rings (SSSR count). The fourth-order valence-electron chi connectivity index (χ4n) is 2.48. The Morgan fingerprint density at radius 2 is 1.43 bits per heavy atom. The molecular weight excluding hydrogens is 180 g/mol. The molecule has 0 aromatic heterocycles. The summed E-state index contributed by atoms with van der Waals surface area (Å²) in [6.45, 7) is 0. The van der Waals surface area contributed by atoms with Crippen molar-refractivity contribution in [2.24, 2.45) is 0 Å². The average molecular weight is 190 g/mol. The molecular formula is C11H10O3. The standard InChI is InChI=1S/C11H10O3/c12-10-8-4-2-6(8)5-1-3-7(5)9(10)11(13)14/h12H,1-4H2,(H,13,14). The zero-order chi connectivity index (χ0) is 9.87. The van der Waals surface area contributed by atoms with Crippen LogP contribution < -0.4 is 0 Å². The molecule has 0 bridgehead atoms. The summed E-state index contributed by atoms with van der Waals surface area (Å²) < 4.78 is 0. The molecule has 2 N–H and O–H groups in total. The molecule has 1 aromatic rings. The second-order valence-corrected chi connectivity index (χ2v) is 3.94. The van der Waals surface area contributed by atoms with Crippen molar-refractivity contribution in [1.29, 1.82) is 0 Å². The first kappa shape index (κ1) is 7.85. The maximum absolute atomic E-state index is 11.0. The van der Waals surface area contributed by atoms with Crippen LogP contribution in [0.1, 0.15) is 32.6 Å². The lowest BCUT2D eigenvalue weighted by molar-refractivity contribution is 0.0691. The maximum Gasteiger partial charge on any atom is 0.339 e. The van der Waals surface area contributed by atoms with Gasteiger partial charge in [-0.1, -0.05) is 0 Å². The van der Waals surface area contributed by atoms with Crippen molar-refractivity contribution in [1.82, 2.24) is 0 Å². The molecule has 72 valence electrons. The molecule has 0 saturated carbocycles. The Hall–Kier alpha value is -1.51. The minimum atomic E-state index is -0.992. The van der Waals surface area contributed by atoms with Crippen molar-refractivity contribution < 1.29 is 15.0 Å². The third-order valence-corrected chi connectivity index (χ3v) is 3.38. The number of fused-ring (bicyclic) bond motifs is 3. The number of hydrogen-bond donors (Lipinski definition) is 2. The lowest BCUT2D eigenvalue weighted by atomic mass is 9.72. The van der Waals surface area contributed by atoms with Gasteiger partial charge >= 0.3 is 5.97 Å². The van der Waals surface area contributed by atoms with E-state index in [4.69, 9.17) is 5.11 Å². The van der Waals surface area contributed by atoms with E-state index in [0.717, 1.165) is 36.8 Å². The Morgan fingerprint density at radius 3 is 1.86 bits per heavy atom. The van der Waals surface area contributed by atoms with E-state index in [-0.39, 0.29) is 11.3 Å². The number of rotatable bonds is 1. The van der Waals surface area contributed by atoms with Gasteiger partial charge in [0.1, 0.15) is 11.3 Å². The zero-order valence-corrected chi connectivity index (χ0v) is 7.63. The molecule has 2 aliphatic rings. The van der Waals surface area contributed by atoms with Gasteiger partial charge in [-0.05, 0) is 47.9 Å². The van der Waals surface area contributed by atoms with Gasteiger partial charge in [0.05, 0.1) is 0 Å². The number of phenols is 1. The van der Waals surface area contributed by atoms with Crippen LogP contribution in [0.3, 0.4) is 0 Å². The van der Waals surface area contributed by atoms with E-state index in [9.17, 15) is 9.90 Å². The fourth-order valence-corrected chi connectivity index (χ4v) is 2.48. The maximum atomic E-state index is 11.0. The summed E-state index contributed by atoms with van der Waals surface area (Å²) in [6.07, 6.45) is 3.62. The SMILES string of the molecule is O=C(O)c1c(O)c2c(c3c1CC3)CC2. The summed E-state index contributed by atoms with van der Waals surface area (Å²) in [4.78, 5) is 11.0. The highest BCUT2D eigenvalue weighted by Crippen LogP contribution is 2.44. The van der Waals surface area contributed by atoms with Crippen LogP contribution in [0.2, 0.25) is 0 Å². The van der Waals surface area contributed by atoms with Gasteiger partial charge in [-0.15, -0.1) is 0 Å². The molecule has 0 radical (unpaired) electrons. The zero-order valence-electron chi connectivity index (χ0n) is 7.63. The minimum absolute atomic E-state index is 0.0252. The Balaban J connectivity index is 2.35. The second kappa shape index (κ2) is 2.29. The van der Waals surface area contributed by atoms with E-state index in [0.29, 0.717) is 0 Å². The lowest BCUT2D eigenvalue weighted by Crippen LogP contribution is -2.24. The van der Waals surface area contributed by atoms with Crippen molar-refractivity contribution in [3.05, 3.63) is 27.8 Å². The number of benzene rings is 1. The predicted molar refractivity (Wildman–Crippen MR) is 49.9 cm³/mol. The molecule has 0 heterocycles. The van der Waals surface area contributed by atoms with Crippen molar-refractivity contribution in [2.75, 3.05) is 0 Å². The molecule has 0 unspecified atom stereocenters. The summed E-state index contributed by atoms with van der Waals surface area (Å²) in [5.74, 6) is -0.967. The molecule has 2 aliphatic carbocycles. The van der Waals surface area contributed by atoms with E-state index in [1.165, 1.54) is 11.1 Å². The molecule has 0 aliphatic heterocycles. The summed E-state index contributed by atoms with van der Waals surface area (Å²) in [6, 6.07) is 0. The highest BCUT2D eigenvalue weighted by molar-refractivity contribution is 5.95.